The summed E-state index contributed by atoms with van der Waals surface area (Å²) in [5.41, 5.74) is -0.781. The van der Waals surface area contributed by atoms with Gasteiger partial charge in [-0.25, -0.2) is 0 Å². The van der Waals surface area contributed by atoms with E-state index in [-0.39, 0.29) is 11.5 Å². The van der Waals surface area contributed by atoms with Gasteiger partial charge in [-0.15, -0.1) is 0 Å². The predicted octanol–water partition coefficient (Wildman–Crippen LogP) is 1.18. The topological polar surface area (TPSA) is 38.3 Å². The predicted molar refractivity (Wildman–Crippen MR) is 48.9 cm³/mol. The van der Waals surface area contributed by atoms with Crippen LogP contribution < -0.4 is 5.32 Å². The van der Waals surface area contributed by atoms with Gasteiger partial charge in [0.15, 0.2) is 0 Å². The highest BCUT2D eigenvalue weighted by Gasteiger charge is 2.43. The molecule has 12 heavy (non-hydrogen) atoms. The van der Waals surface area contributed by atoms with Crippen LogP contribution in [0.15, 0.2) is 0 Å². The molecule has 0 aromatic carbocycles. The number of carbonyl (C=O) groups excluding carboxylic acids is 1. The maximum atomic E-state index is 11.4. The van der Waals surface area contributed by atoms with Crippen molar-refractivity contribution in [3.63, 3.8) is 0 Å². The van der Waals surface area contributed by atoms with Crippen molar-refractivity contribution in [3.05, 3.63) is 0 Å². The van der Waals surface area contributed by atoms with Gasteiger partial charge in [0.25, 0.3) is 0 Å². The molecule has 0 aliphatic carbocycles. The minimum Gasteiger partial charge on any atom is -0.469 e. The number of hydrogen-bond donors (Lipinski definition) is 1. The molecule has 0 spiro atoms. The highest BCUT2D eigenvalue weighted by atomic mass is 16.5. The van der Waals surface area contributed by atoms with Gasteiger partial charge in [0, 0.05) is 5.54 Å². The van der Waals surface area contributed by atoms with Crippen LogP contribution >= 0.6 is 0 Å². The van der Waals surface area contributed by atoms with E-state index >= 15 is 0 Å². The van der Waals surface area contributed by atoms with Gasteiger partial charge in [-0.3, -0.25) is 4.79 Å². The summed E-state index contributed by atoms with van der Waals surface area (Å²) >= 11 is 0. The summed E-state index contributed by atoms with van der Waals surface area (Å²) in [7, 11) is 3.25. The van der Waals surface area contributed by atoms with E-state index in [0.717, 1.165) is 0 Å². The summed E-state index contributed by atoms with van der Waals surface area (Å²) in [5.74, 6) is -0.193. The number of esters is 1. The van der Waals surface area contributed by atoms with Crippen molar-refractivity contribution in [2.45, 2.75) is 33.2 Å². The average Bonchev–Trinajstić information content (AvgIpc) is 2.02. The minimum atomic E-state index is -0.517. The third-order valence-corrected chi connectivity index (χ3v) is 2.88. The summed E-state index contributed by atoms with van der Waals surface area (Å²) < 4.78 is 4.72. The highest BCUT2D eigenvalue weighted by Crippen LogP contribution is 2.31. The number of nitrogens with one attached hydrogen (secondary N) is 1. The summed E-state index contributed by atoms with van der Waals surface area (Å²) in [4.78, 5) is 11.4. The van der Waals surface area contributed by atoms with Crippen LogP contribution in [0.25, 0.3) is 0 Å². The first-order chi connectivity index (χ1) is 5.29. The van der Waals surface area contributed by atoms with E-state index in [1.54, 1.807) is 0 Å². The van der Waals surface area contributed by atoms with Crippen LogP contribution in [0.2, 0.25) is 0 Å². The smallest absolute Gasteiger partial charge is 0.313 e. The summed E-state index contributed by atoms with van der Waals surface area (Å²) in [6.07, 6.45) is 0. The molecule has 0 aromatic rings. The number of ether oxygens (including phenoxy) is 1. The van der Waals surface area contributed by atoms with Crippen LogP contribution in [0.1, 0.15) is 27.7 Å². The van der Waals surface area contributed by atoms with E-state index in [4.69, 9.17) is 4.74 Å². The molecule has 1 N–H and O–H groups in total. The summed E-state index contributed by atoms with van der Waals surface area (Å²) in [5, 5.41) is 3.10. The van der Waals surface area contributed by atoms with Gasteiger partial charge in [-0.05, 0) is 34.7 Å². The van der Waals surface area contributed by atoms with E-state index in [9.17, 15) is 4.79 Å². The summed E-state index contributed by atoms with van der Waals surface area (Å²) in [6, 6.07) is 0. The Hall–Kier alpha value is -0.570. The first-order valence-corrected chi connectivity index (χ1v) is 4.07. The fourth-order valence-corrected chi connectivity index (χ4v) is 0.823. The molecule has 0 saturated carbocycles. The van der Waals surface area contributed by atoms with E-state index in [2.05, 4.69) is 5.32 Å². The first-order valence-electron chi connectivity index (χ1n) is 4.07. The van der Waals surface area contributed by atoms with Crippen molar-refractivity contribution in [3.8, 4) is 0 Å². The van der Waals surface area contributed by atoms with Crippen LogP contribution in [0, 0.1) is 5.41 Å². The molecule has 0 unspecified atom stereocenters. The third-order valence-electron chi connectivity index (χ3n) is 2.88. The van der Waals surface area contributed by atoms with Gasteiger partial charge in [-0.2, -0.15) is 0 Å². The Morgan fingerprint density at radius 3 is 1.92 bits per heavy atom. The molecule has 3 heteroatoms. The monoisotopic (exact) mass is 173 g/mol. The molecule has 0 bridgehead atoms. The van der Waals surface area contributed by atoms with Gasteiger partial charge in [0.05, 0.1) is 12.5 Å². The van der Waals surface area contributed by atoms with Crippen molar-refractivity contribution in [2.24, 2.45) is 5.41 Å². The van der Waals surface area contributed by atoms with Crippen LogP contribution in [0.3, 0.4) is 0 Å². The maximum Gasteiger partial charge on any atom is 0.313 e. The molecular weight excluding hydrogens is 154 g/mol. The van der Waals surface area contributed by atoms with E-state index in [0.29, 0.717) is 0 Å². The zero-order valence-corrected chi connectivity index (χ0v) is 8.82. The normalized spacial score (nSPS) is 12.8. The van der Waals surface area contributed by atoms with E-state index < -0.39 is 5.41 Å². The van der Waals surface area contributed by atoms with Crippen LogP contribution in [-0.2, 0) is 9.53 Å². The maximum absolute atomic E-state index is 11.4. The third kappa shape index (κ3) is 1.78. The molecule has 0 fully saturated rings. The van der Waals surface area contributed by atoms with E-state index in [1.807, 2.05) is 34.7 Å². The fraction of sp³-hybridized carbons (Fsp3) is 0.889. The lowest BCUT2D eigenvalue weighted by Gasteiger charge is -2.38. The fourth-order valence-electron chi connectivity index (χ4n) is 0.823. The molecule has 3 nitrogen and oxygen atoms in total. The van der Waals surface area contributed by atoms with Gasteiger partial charge >= 0.3 is 5.97 Å². The Bertz CT molecular complexity index is 173. The Labute approximate surface area is 74.5 Å². The molecule has 72 valence electrons. The van der Waals surface area contributed by atoms with Crippen LogP contribution in [0.4, 0.5) is 0 Å². The number of rotatable bonds is 3. The average molecular weight is 173 g/mol. The molecule has 0 aliphatic rings. The Morgan fingerprint density at radius 1 is 1.25 bits per heavy atom. The van der Waals surface area contributed by atoms with Crippen molar-refractivity contribution in [1.82, 2.24) is 5.32 Å². The van der Waals surface area contributed by atoms with Crippen molar-refractivity contribution in [2.75, 3.05) is 14.2 Å². The zero-order valence-electron chi connectivity index (χ0n) is 8.82. The van der Waals surface area contributed by atoms with Crippen molar-refractivity contribution in [1.29, 1.82) is 0 Å². The van der Waals surface area contributed by atoms with Crippen molar-refractivity contribution < 1.29 is 9.53 Å². The first kappa shape index (κ1) is 11.4. The lowest BCUT2D eigenvalue weighted by molar-refractivity contribution is -0.154. The Kier molecular flexibility index (Phi) is 3.27. The molecular formula is C9H19NO2. The quantitative estimate of drug-likeness (QED) is 0.651. The molecule has 0 radical (unpaired) electrons. The minimum absolute atomic E-state index is 0.193. The van der Waals surface area contributed by atoms with Crippen molar-refractivity contribution >= 4 is 5.97 Å². The van der Waals surface area contributed by atoms with Gasteiger partial charge < -0.3 is 10.1 Å². The lowest BCUT2D eigenvalue weighted by Crippen LogP contribution is -2.54. The number of methoxy groups -OCH3 is 1. The lowest BCUT2D eigenvalue weighted by atomic mass is 9.74. The second-order valence-corrected chi connectivity index (χ2v) is 3.99. The number of hydrogen-bond acceptors (Lipinski definition) is 3. The second-order valence-electron chi connectivity index (χ2n) is 3.99. The highest BCUT2D eigenvalue weighted by molar-refractivity contribution is 5.77. The SMILES string of the molecule is CNC(C)(C)C(C)(C)C(=O)OC. The largest absolute Gasteiger partial charge is 0.469 e. The van der Waals surface area contributed by atoms with Crippen LogP contribution in [-0.4, -0.2) is 25.7 Å². The zero-order chi connectivity index (χ0) is 9.99. The molecule has 0 heterocycles. The standard InChI is InChI=1S/C9H19NO2/c1-8(2,7(11)12-6)9(3,4)10-5/h10H,1-6H3. The summed E-state index contributed by atoms with van der Waals surface area (Å²) in [6.45, 7) is 7.69. The van der Waals surface area contributed by atoms with Crippen LogP contribution in [0.5, 0.6) is 0 Å². The van der Waals surface area contributed by atoms with E-state index in [1.165, 1.54) is 7.11 Å². The van der Waals surface area contributed by atoms with Gasteiger partial charge in [0.1, 0.15) is 0 Å². The molecule has 0 aliphatic heterocycles. The Morgan fingerprint density at radius 2 is 1.67 bits per heavy atom. The second kappa shape index (κ2) is 3.44. The number of carbonyl (C=O) groups is 1. The van der Waals surface area contributed by atoms with Gasteiger partial charge in [0.2, 0.25) is 0 Å². The molecule has 0 amide bonds. The molecule has 0 atom stereocenters. The Balaban J connectivity index is 4.71. The molecule has 0 rings (SSSR count). The van der Waals surface area contributed by atoms with Gasteiger partial charge in [-0.1, -0.05) is 0 Å². The molecule has 0 aromatic heterocycles. The molecule has 0 saturated heterocycles.